The third kappa shape index (κ3) is 3.43. The summed E-state index contributed by atoms with van der Waals surface area (Å²) in [6.07, 6.45) is -0.0455. The van der Waals surface area contributed by atoms with Gasteiger partial charge in [0.2, 0.25) is 11.9 Å². The van der Waals surface area contributed by atoms with E-state index < -0.39 is 5.54 Å². The minimum absolute atomic E-state index is 0.0323. The van der Waals surface area contributed by atoms with Crippen LogP contribution < -0.4 is 15.4 Å². The van der Waals surface area contributed by atoms with Crippen LogP contribution in [0.15, 0.2) is 0 Å². The highest BCUT2D eigenvalue weighted by molar-refractivity contribution is 5.37. The molecule has 0 amide bonds. The molecule has 0 aliphatic carbocycles. The first-order chi connectivity index (χ1) is 8.26. The van der Waals surface area contributed by atoms with E-state index in [4.69, 9.17) is 10.5 Å². The fraction of sp³-hybridized carbons (Fsp3) is 0.727. The van der Waals surface area contributed by atoms with Gasteiger partial charge in [-0.25, -0.2) is 0 Å². The van der Waals surface area contributed by atoms with E-state index in [0.717, 1.165) is 0 Å². The minimum Gasteiger partial charge on any atom is -0.461 e. The maximum absolute atomic E-state index is 9.33. The number of ether oxygens (including phenoxy) is 1. The summed E-state index contributed by atoms with van der Waals surface area (Å²) in [6.45, 7) is 7.46. The zero-order valence-electron chi connectivity index (χ0n) is 11.5. The number of nitrogen functional groups attached to an aromatic ring is 1. The topological polar surface area (TPSA) is 97.4 Å². The van der Waals surface area contributed by atoms with Gasteiger partial charge in [0, 0.05) is 7.05 Å². The summed E-state index contributed by atoms with van der Waals surface area (Å²) in [7, 11) is 1.78. The van der Waals surface area contributed by atoms with Gasteiger partial charge in [0.25, 0.3) is 0 Å². The molecule has 0 saturated heterocycles. The zero-order chi connectivity index (χ0) is 13.9. The Kier molecular flexibility index (Phi) is 4.28. The van der Waals surface area contributed by atoms with Gasteiger partial charge >= 0.3 is 6.01 Å². The SMILES string of the molecule is CC(C)Oc1nc(N)nc(N(C)C(C)(C)CO)n1. The van der Waals surface area contributed by atoms with Crippen molar-refractivity contribution >= 4 is 11.9 Å². The summed E-state index contributed by atoms with van der Waals surface area (Å²) < 4.78 is 5.40. The van der Waals surface area contributed by atoms with Crippen molar-refractivity contribution in [3.8, 4) is 6.01 Å². The van der Waals surface area contributed by atoms with Crippen LogP contribution in [0.1, 0.15) is 27.7 Å². The molecular weight excluding hydrogens is 234 g/mol. The molecule has 0 aromatic carbocycles. The first kappa shape index (κ1) is 14.4. The predicted molar refractivity (Wildman–Crippen MR) is 69.6 cm³/mol. The Morgan fingerprint density at radius 3 is 2.44 bits per heavy atom. The van der Waals surface area contributed by atoms with Crippen LogP contribution in [0.2, 0.25) is 0 Å². The Morgan fingerprint density at radius 1 is 1.33 bits per heavy atom. The first-order valence-corrected chi connectivity index (χ1v) is 5.79. The average Bonchev–Trinajstić information content (AvgIpc) is 2.26. The predicted octanol–water partition coefficient (Wildman–Crippen LogP) is 0.448. The number of hydrogen-bond acceptors (Lipinski definition) is 7. The Labute approximate surface area is 107 Å². The Morgan fingerprint density at radius 2 is 1.94 bits per heavy atom. The monoisotopic (exact) mass is 255 g/mol. The second-order valence-electron chi connectivity index (χ2n) is 4.97. The molecule has 0 unspecified atom stereocenters. The molecule has 1 aromatic rings. The summed E-state index contributed by atoms with van der Waals surface area (Å²) in [5.74, 6) is 0.466. The van der Waals surface area contributed by atoms with Gasteiger partial charge in [0.05, 0.1) is 18.2 Å². The number of anilines is 2. The van der Waals surface area contributed by atoms with Crippen molar-refractivity contribution in [2.24, 2.45) is 0 Å². The summed E-state index contributed by atoms with van der Waals surface area (Å²) in [4.78, 5) is 13.9. The van der Waals surface area contributed by atoms with E-state index in [2.05, 4.69) is 15.0 Å². The number of aliphatic hydroxyl groups excluding tert-OH is 1. The van der Waals surface area contributed by atoms with E-state index >= 15 is 0 Å². The molecule has 7 nitrogen and oxygen atoms in total. The smallest absolute Gasteiger partial charge is 0.323 e. The number of nitrogens with two attached hydrogens (primary N) is 1. The summed E-state index contributed by atoms with van der Waals surface area (Å²) in [6, 6.07) is 0.188. The molecule has 0 saturated carbocycles. The molecule has 102 valence electrons. The van der Waals surface area contributed by atoms with Gasteiger partial charge in [-0.2, -0.15) is 15.0 Å². The van der Waals surface area contributed by atoms with Crippen LogP contribution in [0.3, 0.4) is 0 Å². The van der Waals surface area contributed by atoms with E-state index in [0.29, 0.717) is 5.95 Å². The Balaban J connectivity index is 3.06. The molecule has 0 spiro atoms. The third-order valence-corrected chi connectivity index (χ3v) is 2.56. The molecular formula is C11H21N5O2. The molecule has 0 aliphatic heterocycles. The van der Waals surface area contributed by atoms with Gasteiger partial charge in [-0.3, -0.25) is 0 Å². The maximum atomic E-state index is 9.33. The number of nitrogens with zero attached hydrogens (tertiary/aromatic N) is 4. The van der Waals surface area contributed by atoms with Crippen LogP contribution >= 0.6 is 0 Å². The molecule has 0 aliphatic rings. The van der Waals surface area contributed by atoms with Gasteiger partial charge in [-0.1, -0.05) is 0 Å². The summed E-state index contributed by atoms with van der Waals surface area (Å²) >= 11 is 0. The van der Waals surface area contributed by atoms with Crippen molar-refractivity contribution in [3.05, 3.63) is 0 Å². The lowest BCUT2D eigenvalue weighted by atomic mass is 10.1. The maximum Gasteiger partial charge on any atom is 0.323 e. The number of likely N-dealkylation sites (N-methyl/N-ethyl adjacent to an activating group) is 1. The van der Waals surface area contributed by atoms with Gasteiger partial charge < -0.3 is 20.5 Å². The highest BCUT2D eigenvalue weighted by Gasteiger charge is 2.25. The van der Waals surface area contributed by atoms with Crippen LogP contribution in [-0.4, -0.2) is 45.4 Å². The van der Waals surface area contributed by atoms with Crippen LogP contribution in [0.5, 0.6) is 6.01 Å². The molecule has 1 heterocycles. The lowest BCUT2D eigenvalue weighted by Gasteiger charge is -2.33. The van der Waals surface area contributed by atoms with Crippen LogP contribution in [-0.2, 0) is 0 Å². The molecule has 3 N–H and O–H groups in total. The number of aliphatic hydroxyl groups is 1. The fourth-order valence-corrected chi connectivity index (χ4v) is 1.15. The molecule has 0 bridgehead atoms. The van der Waals surface area contributed by atoms with Gasteiger partial charge in [0.1, 0.15) is 0 Å². The normalized spacial score (nSPS) is 11.7. The fourth-order valence-electron chi connectivity index (χ4n) is 1.15. The van der Waals surface area contributed by atoms with Crippen molar-refractivity contribution in [1.29, 1.82) is 0 Å². The van der Waals surface area contributed by atoms with Gasteiger partial charge in [-0.15, -0.1) is 0 Å². The molecule has 0 atom stereocenters. The third-order valence-electron chi connectivity index (χ3n) is 2.56. The summed E-state index contributed by atoms with van der Waals surface area (Å²) in [5.41, 5.74) is 5.13. The minimum atomic E-state index is -0.497. The largest absolute Gasteiger partial charge is 0.461 e. The van der Waals surface area contributed by atoms with E-state index in [-0.39, 0.29) is 24.7 Å². The highest BCUT2D eigenvalue weighted by atomic mass is 16.5. The highest BCUT2D eigenvalue weighted by Crippen LogP contribution is 2.20. The van der Waals surface area contributed by atoms with Crippen molar-refractivity contribution in [2.75, 3.05) is 24.3 Å². The van der Waals surface area contributed by atoms with E-state index in [1.54, 1.807) is 11.9 Å². The zero-order valence-corrected chi connectivity index (χ0v) is 11.5. The lowest BCUT2D eigenvalue weighted by Crippen LogP contribution is -2.45. The Bertz CT molecular complexity index is 408. The van der Waals surface area contributed by atoms with Crippen LogP contribution in [0, 0.1) is 0 Å². The molecule has 0 fully saturated rings. The van der Waals surface area contributed by atoms with E-state index in [1.165, 1.54) is 0 Å². The van der Waals surface area contributed by atoms with Crippen LogP contribution in [0.25, 0.3) is 0 Å². The molecule has 7 heteroatoms. The van der Waals surface area contributed by atoms with Gasteiger partial charge in [-0.05, 0) is 27.7 Å². The lowest BCUT2D eigenvalue weighted by molar-refractivity contribution is 0.211. The molecule has 1 rings (SSSR count). The van der Waals surface area contributed by atoms with Gasteiger partial charge in [0.15, 0.2) is 0 Å². The van der Waals surface area contributed by atoms with E-state index in [1.807, 2.05) is 27.7 Å². The quantitative estimate of drug-likeness (QED) is 0.788. The van der Waals surface area contributed by atoms with Crippen molar-refractivity contribution in [1.82, 2.24) is 15.0 Å². The second kappa shape index (κ2) is 5.34. The van der Waals surface area contributed by atoms with E-state index in [9.17, 15) is 5.11 Å². The molecule has 1 aromatic heterocycles. The Hall–Kier alpha value is -1.63. The number of aromatic nitrogens is 3. The number of hydrogen-bond donors (Lipinski definition) is 2. The first-order valence-electron chi connectivity index (χ1n) is 5.79. The van der Waals surface area contributed by atoms with Crippen molar-refractivity contribution < 1.29 is 9.84 Å². The standard InChI is InChI=1S/C11H21N5O2/c1-7(2)18-10-14-8(12)13-9(15-10)16(5)11(3,4)6-17/h7,17H,6H2,1-5H3,(H2,12,13,14,15). The van der Waals surface area contributed by atoms with Crippen molar-refractivity contribution in [3.63, 3.8) is 0 Å². The van der Waals surface area contributed by atoms with Crippen LogP contribution in [0.4, 0.5) is 11.9 Å². The summed E-state index contributed by atoms with van der Waals surface area (Å²) in [5, 5.41) is 9.33. The number of rotatable bonds is 5. The van der Waals surface area contributed by atoms with Crippen molar-refractivity contribution in [2.45, 2.75) is 39.3 Å². The average molecular weight is 255 g/mol. The second-order valence-corrected chi connectivity index (χ2v) is 4.97. The molecule has 0 radical (unpaired) electrons. The molecule has 18 heavy (non-hydrogen) atoms.